The number of hydrogen-bond acceptors (Lipinski definition) is 4. The predicted molar refractivity (Wildman–Crippen MR) is 68.2 cm³/mol. The topological polar surface area (TPSA) is 80.4 Å². The van der Waals surface area contributed by atoms with Gasteiger partial charge in [0, 0.05) is 18.0 Å². The first-order chi connectivity index (χ1) is 10.4. The molecular weight excluding hydrogens is 301 g/mol. The van der Waals surface area contributed by atoms with E-state index in [0.717, 1.165) is 4.52 Å². The molecule has 3 aromatic rings. The molecule has 1 N–H and O–H groups in total. The van der Waals surface area contributed by atoms with Gasteiger partial charge in [0.2, 0.25) is 0 Å². The normalized spacial score (nSPS) is 11.8. The van der Waals surface area contributed by atoms with Crippen molar-refractivity contribution in [3.63, 3.8) is 0 Å². The monoisotopic (exact) mass is 308 g/mol. The number of carboxylic acid groups (broad SMARTS) is 1. The summed E-state index contributed by atoms with van der Waals surface area (Å²) < 4.78 is 39.3. The van der Waals surface area contributed by atoms with Gasteiger partial charge >= 0.3 is 12.1 Å². The van der Waals surface area contributed by atoms with Crippen LogP contribution in [0, 0.1) is 0 Å². The molecule has 0 fully saturated rings. The minimum Gasteiger partial charge on any atom is -0.478 e. The van der Waals surface area contributed by atoms with Crippen LogP contribution in [0.4, 0.5) is 13.2 Å². The van der Waals surface area contributed by atoms with E-state index in [2.05, 4.69) is 15.1 Å². The van der Waals surface area contributed by atoms with Crippen LogP contribution >= 0.6 is 0 Å². The first kappa shape index (κ1) is 14.0. The highest BCUT2D eigenvalue weighted by atomic mass is 19.4. The fraction of sp³-hybridized carbons (Fsp3) is 0.0769. The first-order valence-corrected chi connectivity index (χ1v) is 5.98. The molecule has 0 aliphatic heterocycles. The molecule has 0 unspecified atom stereocenters. The van der Waals surface area contributed by atoms with Crippen LogP contribution in [0.2, 0.25) is 0 Å². The lowest BCUT2D eigenvalue weighted by Gasteiger charge is -2.05. The zero-order valence-electron chi connectivity index (χ0n) is 10.7. The Hall–Kier alpha value is -2.97. The number of aromatic carboxylic acids is 1. The summed E-state index contributed by atoms with van der Waals surface area (Å²) in [5.41, 5.74) is 0.0934. The summed E-state index contributed by atoms with van der Waals surface area (Å²) in [7, 11) is 0. The zero-order valence-corrected chi connectivity index (χ0v) is 10.7. The van der Waals surface area contributed by atoms with E-state index in [0.29, 0.717) is 5.56 Å². The second kappa shape index (κ2) is 4.79. The van der Waals surface area contributed by atoms with Gasteiger partial charge in [-0.3, -0.25) is 4.98 Å². The molecular formula is C13H7F3N4O2. The fourth-order valence-corrected chi connectivity index (χ4v) is 1.99. The lowest BCUT2D eigenvalue weighted by molar-refractivity contribution is -0.144. The number of pyridine rings is 2. The summed E-state index contributed by atoms with van der Waals surface area (Å²) in [5, 5.41) is 12.5. The maximum absolute atomic E-state index is 12.8. The van der Waals surface area contributed by atoms with E-state index >= 15 is 0 Å². The third kappa shape index (κ3) is 2.26. The maximum atomic E-state index is 12.8. The van der Waals surface area contributed by atoms with Gasteiger partial charge in [0.25, 0.3) is 5.82 Å². The molecule has 0 radical (unpaired) electrons. The van der Waals surface area contributed by atoms with Crippen molar-refractivity contribution in [2.75, 3.05) is 0 Å². The molecule has 6 nitrogen and oxygen atoms in total. The number of carboxylic acids is 1. The molecule has 0 spiro atoms. The highest BCUT2D eigenvalue weighted by molar-refractivity contribution is 5.95. The number of alkyl halides is 3. The average Bonchev–Trinajstić information content (AvgIpc) is 2.92. The van der Waals surface area contributed by atoms with Gasteiger partial charge in [-0.1, -0.05) is 0 Å². The van der Waals surface area contributed by atoms with Gasteiger partial charge in [0.1, 0.15) is 5.56 Å². The van der Waals surface area contributed by atoms with Crippen molar-refractivity contribution in [1.29, 1.82) is 0 Å². The molecule has 9 heteroatoms. The molecule has 0 saturated heterocycles. The lowest BCUT2D eigenvalue weighted by atomic mass is 10.1. The molecule has 22 heavy (non-hydrogen) atoms. The Morgan fingerprint density at radius 2 is 1.82 bits per heavy atom. The summed E-state index contributed by atoms with van der Waals surface area (Å²) in [6.45, 7) is 0. The van der Waals surface area contributed by atoms with E-state index < -0.39 is 18.0 Å². The molecule has 0 aliphatic carbocycles. The summed E-state index contributed by atoms with van der Waals surface area (Å²) in [4.78, 5) is 18.3. The van der Waals surface area contributed by atoms with Crippen LogP contribution in [0.1, 0.15) is 16.2 Å². The second-order valence-electron chi connectivity index (χ2n) is 4.34. The van der Waals surface area contributed by atoms with Crippen molar-refractivity contribution in [3.05, 3.63) is 48.0 Å². The van der Waals surface area contributed by atoms with Gasteiger partial charge < -0.3 is 5.11 Å². The summed E-state index contributed by atoms with van der Waals surface area (Å²) in [6, 6.07) is 5.72. The first-order valence-electron chi connectivity index (χ1n) is 5.98. The van der Waals surface area contributed by atoms with Crippen molar-refractivity contribution in [3.8, 4) is 11.3 Å². The Labute approximate surface area is 120 Å². The quantitative estimate of drug-likeness (QED) is 0.786. The Bertz CT molecular complexity index is 859. The van der Waals surface area contributed by atoms with Gasteiger partial charge in [-0.15, -0.1) is 5.10 Å². The number of carbonyl (C=O) groups is 1. The summed E-state index contributed by atoms with van der Waals surface area (Å²) in [5.74, 6) is -2.77. The summed E-state index contributed by atoms with van der Waals surface area (Å²) >= 11 is 0. The third-order valence-corrected chi connectivity index (χ3v) is 2.94. The van der Waals surface area contributed by atoms with Crippen LogP contribution in [0.15, 0.2) is 36.7 Å². The van der Waals surface area contributed by atoms with Gasteiger partial charge in [0.05, 0.1) is 5.69 Å². The molecule has 0 amide bonds. The largest absolute Gasteiger partial charge is 0.478 e. The molecule has 112 valence electrons. The summed E-state index contributed by atoms with van der Waals surface area (Å²) in [6.07, 6.45) is -1.83. The predicted octanol–water partition coefficient (Wildman–Crippen LogP) is 2.51. The van der Waals surface area contributed by atoms with Gasteiger partial charge in [0.15, 0.2) is 5.65 Å². The minimum atomic E-state index is -4.77. The number of halogens is 3. The van der Waals surface area contributed by atoms with Gasteiger partial charge in [-0.05, 0) is 24.3 Å². The van der Waals surface area contributed by atoms with Crippen molar-refractivity contribution in [2.24, 2.45) is 0 Å². The lowest BCUT2D eigenvalue weighted by Crippen LogP contribution is -2.07. The highest BCUT2D eigenvalue weighted by Gasteiger charge is 2.37. The van der Waals surface area contributed by atoms with Crippen LogP contribution in [-0.2, 0) is 6.18 Å². The van der Waals surface area contributed by atoms with Gasteiger partial charge in [-0.2, -0.15) is 13.2 Å². The van der Waals surface area contributed by atoms with E-state index in [1.807, 2.05) is 0 Å². The number of rotatable bonds is 2. The Kier molecular flexibility index (Phi) is 3.05. The fourth-order valence-electron chi connectivity index (χ4n) is 1.99. The van der Waals surface area contributed by atoms with E-state index in [1.54, 1.807) is 12.1 Å². The molecule has 0 atom stereocenters. The minimum absolute atomic E-state index is 0.283. The molecule has 3 rings (SSSR count). The number of hydrogen-bond donors (Lipinski definition) is 1. The number of nitrogens with zero attached hydrogens (tertiary/aromatic N) is 4. The Morgan fingerprint density at radius 3 is 2.41 bits per heavy atom. The van der Waals surface area contributed by atoms with Crippen LogP contribution in [0.3, 0.4) is 0 Å². The Balaban J connectivity index is 2.34. The standard InChI is InChI=1S/C13H7F3N4O2/c14-13(15,16)12-18-10-8(11(21)22)1-2-9(20(10)19-12)7-3-5-17-6-4-7/h1-6H,(H,21,22). The smallest absolute Gasteiger partial charge is 0.453 e. The highest BCUT2D eigenvalue weighted by Crippen LogP contribution is 2.29. The third-order valence-electron chi connectivity index (χ3n) is 2.94. The van der Waals surface area contributed by atoms with E-state index in [4.69, 9.17) is 5.11 Å². The van der Waals surface area contributed by atoms with E-state index in [1.165, 1.54) is 24.5 Å². The molecule has 0 bridgehead atoms. The zero-order chi connectivity index (χ0) is 15.9. The molecule has 0 aliphatic rings. The van der Waals surface area contributed by atoms with Crippen LogP contribution in [0.25, 0.3) is 16.9 Å². The van der Waals surface area contributed by atoms with E-state index in [-0.39, 0.29) is 16.9 Å². The van der Waals surface area contributed by atoms with E-state index in [9.17, 15) is 18.0 Å². The molecule has 0 saturated carbocycles. The molecule has 0 aromatic carbocycles. The van der Waals surface area contributed by atoms with Crippen LogP contribution in [0.5, 0.6) is 0 Å². The molecule has 3 heterocycles. The van der Waals surface area contributed by atoms with Crippen LogP contribution < -0.4 is 0 Å². The SMILES string of the molecule is O=C(O)c1ccc(-c2ccncc2)n2nc(C(F)(F)F)nc12. The van der Waals surface area contributed by atoms with Gasteiger partial charge in [-0.25, -0.2) is 14.3 Å². The van der Waals surface area contributed by atoms with Crippen molar-refractivity contribution < 1.29 is 23.1 Å². The van der Waals surface area contributed by atoms with Crippen LogP contribution in [-0.4, -0.2) is 30.7 Å². The second-order valence-corrected chi connectivity index (χ2v) is 4.34. The average molecular weight is 308 g/mol. The Morgan fingerprint density at radius 1 is 1.14 bits per heavy atom. The van der Waals surface area contributed by atoms with Crippen molar-refractivity contribution >= 4 is 11.6 Å². The van der Waals surface area contributed by atoms with Crippen molar-refractivity contribution in [2.45, 2.75) is 6.18 Å². The molecule has 3 aromatic heterocycles. The van der Waals surface area contributed by atoms with Crippen molar-refractivity contribution in [1.82, 2.24) is 19.6 Å². The number of fused-ring (bicyclic) bond motifs is 1. The maximum Gasteiger partial charge on any atom is 0.453 e. The number of aromatic nitrogens is 4.